The van der Waals surface area contributed by atoms with Crippen LogP contribution in [-0.2, 0) is 5.41 Å². The molecule has 2 aliphatic carbocycles. The van der Waals surface area contributed by atoms with Gasteiger partial charge in [-0.1, -0.05) is 194 Å². The highest BCUT2D eigenvalue weighted by molar-refractivity contribution is 7.26. The number of nitrogens with zero attached hydrogens (tertiary/aromatic N) is 2. The van der Waals surface area contributed by atoms with E-state index in [0.29, 0.717) is 0 Å². The van der Waals surface area contributed by atoms with Crippen LogP contribution in [0.25, 0.3) is 75.5 Å². The maximum atomic E-state index is 2.55. The number of aryl methyl sites for hydroxylation is 2. The lowest BCUT2D eigenvalue weighted by Gasteiger charge is -2.33. The molecule has 0 aliphatic heterocycles. The molecule has 15 rings (SSSR count). The van der Waals surface area contributed by atoms with Crippen LogP contribution in [0.2, 0.25) is 0 Å². The lowest BCUT2D eigenvalue weighted by atomic mass is 9.70. The van der Waals surface area contributed by atoms with E-state index in [-0.39, 0.29) is 0 Å². The van der Waals surface area contributed by atoms with E-state index in [1.54, 1.807) is 0 Å². The highest BCUT2D eigenvalue weighted by Gasteiger charge is 2.54. The summed E-state index contributed by atoms with van der Waals surface area (Å²) in [6.45, 7) is 4.40. The topological polar surface area (TPSA) is 6.48 Å². The highest BCUT2D eigenvalue weighted by atomic mass is 32.1. The van der Waals surface area contributed by atoms with E-state index in [9.17, 15) is 0 Å². The first-order valence-electron chi connectivity index (χ1n) is 26.3. The Bertz CT molecular complexity index is 4370. The minimum Gasteiger partial charge on any atom is -0.310 e. The molecule has 0 unspecified atom stereocenters. The number of fused-ring (bicyclic) bond motifs is 16. The average Bonchev–Trinajstić information content (AvgIpc) is 4.29. The monoisotopic (exact) mass is 986 g/mol. The Morgan fingerprint density at radius 2 is 0.855 bits per heavy atom. The molecule has 0 bridgehead atoms. The zero-order valence-electron chi connectivity index (χ0n) is 42.2. The predicted molar refractivity (Wildman–Crippen MR) is 323 cm³/mol. The molecule has 0 atom stereocenters. The molecule has 0 saturated carbocycles. The van der Waals surface area contributed by atoms with E-state index >= 15 is 0 Å². The molecule has 0 radical (unpaired) electrons. The van der Waals surface area contributed by atoms with Gasteiger partial charge in [-0.05, 0) is 170 Å². The lowest BCUT2D eigenvalue weighted by molar-refractivity contribution is 0.802. The smallest absolute Gasteiger partial charge is 0.0741 e. The van der Waals surface area contributed by atoms with Crippen molar-refractivity contribution in [1.82, 2.24) is 0 Å². The SMILES string of the molecule is Cc1cccc(N(c2ccc(-c3ccccc3)cc2)c2ccc3c(c2)C2(c4ccccc4-c4ccccc42)c2c-3c(N(c3ccc(-c4ccccc4)cc3)c3cccc(C)c3)cc3c2sc2ccc4ccccc4c23)c1. The van der Waals surface area contributed by atoms with Crippen molar-refractivity contribution >= 4 is 76.4 Å². The summed E-state index contributed by atoms with van der Waals surface area (Å²) in [5, 5.41) is 5.11. The summed E-state index contributed by atoms with van der Waals surface area (Å²) in [6.07, 6.45) is 0. The summed E-state index contributed by atoms with van der Waals surface area (Å²) in [5.41, 5.74) is 23.6. The number of thiophene rings is 1. The van der Waals surface area contributed by atoms with Crippen molar-refractivity contribution in [3.8, 4) is 44.5 Å². The van der Waals surface area contributed by atoms with Gasteiger partial charge in [0.05, 0.1) is 11.1 Å². The van der Waals surface area contributed by atoms with Crippen LogP contribution in [0, 0.1) is 13.8 Å². The normalized spacial score (nSPS) is 12.7. The second-order valence-corrected chi connectivity index (χ2v) is 21.6. The van der Waals surface area contributed by atoms with Gasteiger partial charge in [0.1, 0.15) is 0 Å². The van der Waals surface area contributed by atoms with Gasteiger partial charge in [0.2, 0.25) is 0 Å². The number of hydrogen-bond donors (Lipinski definition) is 0. The third-order valence-corrected chi connectivity index (χ3v) is 17.3. The number of hydrogen-bond acceptors (Lipinski definition) is 3. The second-order valence-electron chi connectivity index (χ2n) is 20.5. The first-order valence-corrected chi connectivity index (χ1v) is 27.1. The Balaban J connectivity index is 1.07. The van der Waals surface area contributed by atoms with Gasteiger partial charge in [-0.15, -0.1) is 11.3 Å². The molecule has 76 heavy (non-hydrogen) atoms. The van der Waals surface area contributed by atoms with Gasteiger partial charge in [-0.3, -0.25) is 0 Å². The van der Waals surface area contributed by atoms with Gasteiger partial charge in [0.25, 0.3) is 0 Å². The maximum Gasteiger partial charge on any atom is 0.0741 e. The number of rotatable bonds is 8. The minimum absolute atomic E-state index is 0.677. The Hall–Kier alpha value is -9.28. The molecule has 3 heteroatoms. The molecular formula is C73H50N2S. The molecule has 1 aromatic heterocycles. The molecule has 2 aliphatic rings. The van der Waals surface area contributed by atoms with E-state index in [4.69, 9.17) is 0 Å². The molecule has 1 spiro atoms. The fourth-order valence-electron chi connectivity index (χ4n) is 12.9. The van der Waals surface area contributed by atoms with Crippen LogP contribution in [-0.4, -0.2) is 0 Å². The van der Waals surface area contributed by atoms with Crippen molar-refractivity contribution in [1.29, 1.82) is 0 Å². The van der Waals surface area contributed by atoms with Crippen LogP contribution >= 0.6 is 11.3 Å². The van der Waals surface area contributed by atoms with Crippen molar-refractivity contribution in [2.75, 3.05) is 9.80 Å². The van der Waals surface area contributed by atoms with Crippen molar-refractivity contribution in [2.24, 2.45) is 0 Å². The lowest BCUT2D eigenvalue weighted by Crippen LogP contribution is -2.26. The molecular weight excluding hydrogens is 937 g/mol. The van der Waals surface area contributed by atoms with Gasteiger partial charge < -0.3 is 9.80 Å². The Kier molecular flexibility index (Phi) is 10.1. The van der Waals surface area contributed by atoms with Gasteiger partial charge >= 0.3 is 0 Å². The molecule has 0 N–H and O–H groups in total. The molecule has 358 valence electrons. The summed E-state index contributed by atoms with van der Waals surface area (Å²) >= 11 is 1.95. The van der Waals surface area contributed by atoms with Crippen LogP contribution in [0.5, 0.6) is 0 Å². The van der Waals surface area contributed by atoms with Crippen LogP contribution in [0.3, 0.4) is 0 Å². The zero-order valence-corrected chi connectivity index (χ0v) is 43.0. The van der Waals surface area contributed by atoms with Gasteiger partial charge in [0, 0.05) is 54.2 Å². The minimum atomic E-state index is -0.677. The van der Waals surface area contributed by atoms with E-state index in [1.807, 2.05) is 11.3 Å². The summed E-state index contributed by atoms with van der Waals surface area (Å²) in [7, 11) is 0. The van der Waals surface area contributed by atoms with Crippen molar-refractivity contribution in [3.63, 3.8) is 0 Å². The quantitative estimate of drug-likeness (QED) is 0.150. The first-order chi connectivity index (χ1) is 37.5. The van der Waals surface area contributed by atoms with E-state index in [1.165, 1.54) is 109 Å². The molecule has 1 heterocycles. The zero-order chi connectivity index (χ0) is 50.5. The highest BCUT2D eigenvalue weighted by Crippen LogP contribution is 2.68. The summed E-state index contributed by atoms with van der Waals surface area (Å²) in [4.78, 5) is 5.01. The Morgan fingerprint density at radius 3 is 1.47 bits per heavy atom. The second kappa shape index (κ2) is 17.4. The molecule has 2 nitrogen and oxygen atoms in total. The summed E-state index contributed by atoms with van der Waals surface area (Å²) < 4.78 is 2.61. The fourth-order valence-corrected chi connectivity index (χ4v) is 14.2. The van der Waals surface area contributed by atoms with Crippen molar-refractivity contribution in [2.45, 2.75) is 19.3 Å². The summed E-state index contributed by atoms with van der Waals surface area (Å²) in [5.74, 6) is 0. The number of benzene rings is 12. The van der Waals surface area contributed by atoms with Gasteiger partial charge in [-0.25, -0.2) is 0 Å². The van der Waals surface area contributed by atoms with Gasteiger partial charge in [0.15, 0.2) is 0 Å². The van der Waals surface area contributed by atoms with E-state index in [0.717, 1.165) is 34.1 Å². The summed E-state index contributed by atoms with van der Waals surface area (Å²) in [6, 6.07) is 99.7. The number of anilines is 6. The molecule has 13 aromatic rings. The molecule has 12 aromatic carbocycles. The third-order valence-electron chi connectivity index (χ3n) is 16.1. The van der Waals surface area contributed by atoms with E-state index in [2.05, 4.69) is 291 Å². The van der Waals surface area contributed by atoms with Crippen molar-refractivity contribution < 1.29 is 0 Å². The first kappa shape index (κ1) is 44.2. The Labute approximate surface area is 447 Å². The van der Waals surface area contributed by atoms with Crippen LogP contribution in [0.15, 0.2) is 267 Å². The van der Waals surface area contributed by atoms with Crippen LogP contribution in [0.4, 0.5) is 34.1 Å². The van der Waals surface area contributed by atoms with Crippen molar-refractivity contribution in [3.05, 3.63) is 300 Å². The average molecular weight is 987 g/mol. The molecule has 0 fully saturated rings. The van der Waals surface area contributed by atoms with E-state index < -0.39 is 5.41 Å². The predicted octanol–water partition coefficient (Wildman–Crippen LogP) is 20.4. The van der Waals surface area contributed by atoms with Crippen LogP contribution in [0.1, 0.15) is 33.4 Å². The van der Waals surface area contributed by atoms with Crippen LogP contribution < -0.4 is 9.80 Å². The fraction of sp³-hybridized carbons (Fsp3) is 0.0411. The molecule has 0 saturated heterocycles. The van der Waals surface area contributed by atoms with Gasteiger partial charge in [-0.2, -0.15) is 0 Å². The third kappa shape index (κ3) is 6.72. The maximum absolute atomic E-state index is 2.55. The Morgan fingerprint density at radius 1 is 0.342 bits per heavy atom. The largest absolute Gasteiger partial charge is 0.310 e. The molecule has 0 amide bonds. The standard InChI is InChI=1S/C73H50N2S/c1-47-17-15-24-56(43-47)74(54-36-31-51(32-37-54)49-19-5-3-6-20-49)58-40-41-62-66(45-58)73(64-29-13-11-27-60(64)61-28-12-14-30-65(61)73)71-70(62)67(46-63-69-59-26-10-9-23-53(59)35-42-68(69)76-72(63)71)75(57-25-16-18-48(2)44-57)55-38-33-52(34-39-55)50-21-7-4-8-22-50/h3-46H,1-2H3.